The van der Waals surface area contributed by atoms with E-state index < -0.39 is 0 Å². The topological polar surface area (TPSA) is 74.3 Å². The molecule has 0 aromatic heterocycles. The molecule has 5 aromatic carbocycles. The predicted octanol–water partition coefficient (Wildman–Crippen LogP) is 15.9. The maximum atomic E-state index is 14.0. The molecule has 0 bridgehead atoms. The van der Waals surface area contributed by atoms with Crippen LogP contribution in [-0.4, -0.2) is 49.7 Å². The number of hydrogen-bond donors (Lipinski definition) is 0. The molecule has 5 aromatic rings. The number of carbonyl (C=O) groups is 2. The number of rotatable bonds is 30. The number of ether oxygens (including phenoxy) is 4. The standard InChI is InChI=1S/C56H77NO6/c1-7-13-18-22-27-60-51-35-45-43-31-41-33-49-50(56(59)57(55(49)58)39-40(12-6)26-17-11-5)34-42(41)32-44(43)46-36-52(61-28-23-19-14-8-2)54(63-30-25-21-16-10-4)38-48(46)47(45)37-53(51)62-29-24-20-15-9-3/h31-38,40H,7-30,39H2,1-6H3. The van der Waals surface area contributed by atoms with Gasteiger partial charge in [-0.05, 0) is 130 Å². The molecule has 7 nitrogen and oxygen atoms in total. The fourth-order valence-corrected chi connectivity index (χ4v) is 9.18. The first-order valence-electron chi connectivity index (χ1n) is 25.2. The summed E-state index contributed by atoms with van der Waals surface area (Å²) in [6.45, 7) is 16.2. The van der Waals surface area contributed by atoms with Crippen LogP contribution >= 0.6 is 0 Å². The van der Waals surface area contributed by atoms with Gasteiger partial charge in [-0.25, -0.2) is 0 Å². The Morgan fingerprint density at radius 2 is 0.714 bits per heavy atom. The molecule has 0 radical (unpaired) electrons. The summed E-state index contributed by atoms with van der Waals surface area (Å²) in [6.07, 6.45) is 22.0. The monoisotopic (exact) mass is 860 g/mol. The fourth-order valence-electron chi connectivity index (χ4n) is 9.18. The average molecular weight is 860 g/mol. The van der Waals surface area contributed by atoms with E-state index in [2.05, 4.69) is 77.9 Å². The van der Waals surface area contributed by atoms with Gasteiger partial charge in [-0.2, -0.15) is 0 Å². The number of hydrogen-bond acceptors (Lipinski definition) is 6. The number of unbranched alkanes of at least 4 members (excludes halogenated alkanes) is 13. The van der Waals surface area contributed by atoms with Crippen molar-refractivity contribution in [2.45, 2.75) is 170 Å². The highest BCUT2D eigenvalue weighted by Crippen LogP contribution is 2.46. The molecule has 0 spiro atoms. The van der Waals surface area contributed by atoms with Gasteiger partial charge < -0.3 is 18.9 Å². The SMILES string of the molecule is CCCCCCOc1cc2c3cc(OCCCCCC)c(OCCCCCC)cc3c3cc4cc5c(cc4cc3c2cc1OCCCCCC)C(=O)N(CC(CC)CCCC)C5=O. The summed E-state index contributed by atoms with van der Waals surface area (Å²) in [5.41, 5.74) is 0.994. The van der Waals surface area contributed by atoms with Crippen molar-refractivity contribution in [3.8, 4) is 23.0 Å². The van der Waals surface area contributed by atoms with Crippen LogP contribution in [0.1, 0.15) is 191 Å². The van der Waals surface area contributed by atoms with Gasteiger partial charge in [-0.3, -0.25) is 14.5 Å². The van der Waals surface area contributed by atoms with E-state index in [1.165, 1.54) is 56.3 Å². The average Bonchev–Trinajstić information content (AvgIpc) is 3.52. The van der Waals surface area contributed by atoms with Crippen molar-refractivity contribution in [3.05, 3.63) is 59.7 Å². The van der Waals surface area contributed by atoms with E-state index in [1.807, 2.05) is 12.1 Å². The zero-order valence-electron chi connectivity index (χ0n) is 39.8. The van der Waals surface area contributed by atoms with E-state index in [1.54, 1.807) is 0 Å². The second-order valence-corrected chi connectivity index (χ2v) is 18.1. The first kappa shape index (κ1) is 47.9. The maximum Gasteiger partial charge on any atom is 0.261 e. The molecular formula is C56H77NO6. The van der Waals surface area contributed by atoms with Crippen molar-refractivity contribution in [1.29, 1.82) is 0 Å². The number of benzene rings is 5. The summed E-state index contributed by atoms with van der Waals surface area (Å²) in [5.74, 6) is 2.97. The first-order valence-corrected chi connectivity index (χ1v) is 25.2. The van der Waals surface area contributed by atoms with Crippen molar-refractivity contribution in [1.82, 2.24) is 4.90 Å². The molecule has 0 saturated heterocycles. The second-order valence-electron chi connectivity index (χ2n) is 18.1. The largest absolute Gasteiger partial charge is 0.490 e. The van der Waals surface area contributed by atoms with Gasteiger partial charge in [-0.1, -0.05) is 138 Å². The van der Waals surface area contributed by atoms with Crippen LogP contribution < -0.4 is 18.9 Å². The molecule has 1 aliphatic rings. The van der Waals surface area contributed by atoms with Crippen LogP contribution in [-0.2, 0) is 0 Å². The molecule has 0 aliphatic carbocycles. The summed E-state index contributed by atoms with van der Waals surface area (Å²) >= 11 is 0. The minimum absolute atomic E-state index is 0.183. The third kappa shape index (κ3) is 12.0. The third-order valence-corrected chi connectivity index (χ3v) is 13.1. The van der Waals surface area contributed by atoms with Gasteiger partial charge in [-0.15, -0.1) is 0 Å². The first-order chi connectivity index (χ1) is 30.9. The Morgan fingerprint density at radius 3 is 1.02 bits per heavy atom. The molecule has 1 aliphatic heterocycles. The van der Waals surface area contributed by atoms with Crippen molar-refractivity contribution >= 4 is 54.9 Å². The molecule has 0 N–H and O–H groups in total. The van der Waals surface area contributed by atoms with Crippen LogP contribution in [0, 0.1) is 5.92 Å². The molecule has 6 rings (SSSR count). The maximum absolute atomic E-state index is 14.0. The summed E-state index contributed by atoms with van der Waals surface area (Å²) < 4.78 is 26.5. The van der Waals surface area contributed by atoms with Gasteiger partial charge in [0.05, 0.1) is 37.6 Å². The summed E-state index contributed by atoms with van der Waals surface area (Å²) in [7, 11) is 0. The van der Waals surface area contributed by atoms with Gasteiger partial charge in [0, 0.05) is 6.54 Å². The molecule has 2 amide bonds. The third-order valence-electron chi connectivity index (χ3n) is 13.1. The number of imide groups is 1. The highest BCUT2D eigenvalue weighted by molar-refractivity contribution is 6.29. The van der Waals surface area contributed by atoms with Gasteiger partial charge >= 0.3 is 0 Å². The van der Waals surface area contributed by atoms with E-state index in [-0.39, 0.29) is 11.8 Å². The van der Waals surface area contributed by atoms with Crippen molar-refractivity contribution in [2.24, 2.45) is 5.92 Å². The van der Waals surface area contributed by atoms with Crippen molar-refractivity contribution in [3.63, 3.8) is 0 Å². The van der Waals surface area contributed by atoms with E-state index in [9.17, 15) is 9.59 Å². The lowest BCUT2D eigenvalue weighted by molar-refractivity contribution is 0.0624. The number of nitrogens with zero attached hydrogens (tertiary/aromatic N) is 1. The van der Waals surface area contributed by atoms with Gasteiger partial charge in [0.1, 0.15) is 0 Å². The summed E-state index contributed by atoms with van der Waals surface area (Å²) in [5, 5.41) is 8.18. The van der Waals surface area contributed by atoms with Crippen LogP contribution in [0.15, 0.2) is 48.5 Å². The zero-order chi connectivity index (χ0) is 44.6. The van der Waals surface area contributed by atoms with Crippen molar-refractivity contribution < 1.29 is 28.5 Å². The molecule has 7 heteroatoms. The lowest BCUT2D eigenvalue weighted by Crippen LogP contribution is -2.34. The lowest BCUT2D eigenvalue weighted by Gasteiger charge is -2.21. The Hall–Kier alpha value is -4.52. The molecule has 0 fully saturated rings. The van der Waals surface area contributed by atoms with Crippen LogP contribution in [0.5, 0.6) is 23.0 Å². The Balaban J connectivity index is 1.54. The summed E-state index contributed by atoms with van der Waals surface area (Å²) in [4.78, 5) is 29.5. The highest BCUT2D eigenvalue weighted by Gasteiger charge is 2.37. The lowest BCUT2D eigenvalue weighted by atomic mass is 9.90. The van der Waals surface area contributed by atoms with Gasteiger partial charge in [0.25, 0.3) is 11.8 Å². The molecular weight excluding hydrogens is 783 g/mol. The normalized spacial score (nSPS) is 13.2. The van der Waals surface area contributed by atoms with E-state index in [0.29, 0.717) is 50.0 Å². The molecule has 1 unspecified atom stereocenters. The second kappa shape index (κ2) is 24.5. The van der Waals surface area contributed by atoms with Gasteiger partial charge in [0.2, 0.25) is 0 Å². The van der Waals surface area contributed by atoms with Crippen LogP contribution in [0.2, 0.25) is 0 Å². The zero-order valence-corrected chi connectivity index (χ0v) is 39.8. The molecule has 1 heterocycles. The fraction of sp³-hybridized carbons (Fsp3) is 0.571. The predicted molar refractivity (Wildman–Crippen MR) is 264 cm³/mol. The van der Waals surface area contributed by atoms with E-state index >= 15 is 0 Å². The summed E-state index contributed by atoms with van der Waals surface area (Å²) in [6, 6.07) is 17.1. The van der Waals surface area contributed by atoms with Gasteiger partial charge in [0.15, 0.2) is 23.0 Å². The molecule has 0 saturated carbocycles. The Labute approximate surface area is 378 Å². The minimum Gasteiger partial charge on any atom is -0.490 e. The highest BCUT2D eigenvalue weighted by atomic mass is 16.5. The van der Waals surface area contributed by atoms with Crippen LogP contribution in [0.3, 0.4) is 0 Å². The number of fused-ring (bicyclic) bond motifs is 8. The quantitative estimate of drug-likeness (QED) is 0.0198. The van der Waals surface area contributed by atoms with E-state index in [0.717, 1.165) is 143 Å². The molecule has 342 valence electrons. The Kier molecular flexibility index (Phi) is 18.7. The Bertz CT molecular complexity index is 2130. The van der Waals surface area contributed by atoms with Crippen LogP contribution in [0.25, 0.3) is 43.1 Å². The molecule has 63 heavy (non-hydrogen) atoms. The van der Waals surface area contributed by atoms with Crippen molar-refractivity contribution in [2.75, 3.05) is 33.0 Å². The Morgan fingerprint density at radius 1 is 0.397 bits per heavy atom. The minimum atomic E-state index is -0.183. The molecule has 1 atom stereocenters. The number of carbonyl (C=O) groups excluding carboxylic acids is 2. The van der Waals surface area contributed by atoms with E-state index in [4.69, 9.17) is 18.9 Å². The smallest absolute Gasteiger partial charge is 0.261 e. The number of amides is 2. The van der Waals surface area contributed by atoms with Crippen LogP contribution in [0.4, 0.5) is 0 Å².